The third-order valence-corrected chi connectivity index (χ3v) is 3.12. The molecule has 0 fully saturated rings. The molecule has 0 bridgehead atoms. The number of hydrogen-bond donors (Lipinski definition) is 1. The van der Waals surface area contributed by atoms with Gasteiger partial charge in [0.05, 0.1) is 6.61 Å². The molecule has 0 spiro atoms. The molecule has 104 valence electrons. The Morgan fingerprint density at radius 2 is 1.95 bits per heavy atom. The standard InChI is InChI=1S/C15H17N3OS/c1-3-19-14-6-4-5-13(17-14)18(2)12-9-7-11(8-10-12)15(16)20/h4-10H,3H2,1-2H3,(H2,16,20). The summed E-state index contributed by atoms with van der Waals surface area (Å²) >= 11 is 4.95. The van der Waals surface area contributed by atoms with E-state index >= 15 is 0 Å². The molecule has 0 atom stereocenters. The minimum absolute atomic E-state index is 0.399. The number of nitrogens with zero attached hydrogens (tertiary/aromatic N) is 2. The highest BCUT2D eigenvalue weighted by atomic mass is 32.1. The Bertz CT molecular complexity index is 598. The first-order valence-electron chi connectivity index (χ1n) is 6.35. The molecule has 20 heavy (non-hydrogen) atoms. The van der Waals surface area contributed by atoms with Crippen molar-refractivity contribution in [1.29, 1.82) is 0 Å². The number of nitrogens with two attached hydrogens (primary N) is 1. The summed E-state index contributed by atoms with van der Waals surface area (Å²) in [4.78, 5) is 6.83. The van der Waals surface area contributed by atoms with Crippen LogP contribution in [0.25, 0.3) is 0 Å². The lowest BCUT2D eigenvalue weighted by molar-refractivity contribution is 0.327. The SMILES string of the molecule is CCOc1cccc(N(C)c2ccc(C(N)=S)cc2)n1. The van der Waals surface area contributed by atoms with Crippen molar-refractivity contribution in [2.45, 2.75) is 6.92 Å². The number of hydrogen-bond acceptors (Lipinski definition) is 4. The van der Waals surface area contributed by atoms with Crippen molar-refractivity contribution in [2.75, 3.05) is 18.6 Å². The molecule has 0 aliphatic rings. The van der Waals surface area contributed by atoms with Crippen molar-refractivity contribution in [3.05, 3.63) is 48.0 Å². The van der Waals surface area contributed by atoms with Crippen molar-refractivity contribution in [3.8, 4) is 5.88 Å². The molecule has 0 aliphatic carbocycles. The number of thiocarbonyl (C=S) groups is 1. The van der Waals surface area contributed by atoms with Crippen LogP contribution in [0.2, 0.25) is 0 Å². The zero-order valence-electron chi connectivity index (χ0n) is 11.5. The largest absolute Gasteiger partial charge is 0.478 e. The molecule has 0 radical (unpaired) electrons. The lowest BCUT2D eigenvalue weighted by Crippen LogP contribution is -2.13. The van der Waals surface area contributed by atoms with E-state index in [2.05, 4.69) is 4.98 Å². The van der Waals surface area contributed by atoms with Gasteiger partial charge in [-0.3, -0.25) is 0 Å². The minimum atomic E-state index is 0.399. The fourth-order valence-electron chi connectivity index (χ4n) is 1.80. The van der Waals surface area contributed by atoms with Crippen molar-refractivity contribution >= 4 is 28.7 Å². The molecule has 5 heteroatoms. The van der Waals surface area contributed by atoms with E-state index in [0.717, 1.165) is 17.1 Å². The Kier molecular flexibility index (Phi) is 4.53. The van der Waals surface area contributed by atoms with E-state index in [4.69, 9.17) is 22.7 Å². The second-order valence-corrected chi connectivity index (χ2v) is 4.68. The summed E-state index contributed by atoms with van der Waals surface area (Å²) in [7, 11) is 1.95. The number of rotatable bonds is 5. The molecule has 0 saturated carbocycles. The lowest BCUT2D eigenvalue weighted by atomic mass is 10.2. The van der Waals surface area contributed by atoms with Crippen LogP contribution in [0.3, 0.4) is 0 Å². The molecule has 0 saturated heterocycles. The third kappa shape index (κ3) is 3.24. The molecule has 0 amide bonds. The number of pyridine rings is 1. The van der Waals surface area contributed by atoms with E-state index in [9.17, 15) is 0 Å². The normalized spacial score (nSPS) is 10.1. The summed E-state index contributed by atoms with van der Waals surface area (Å²) < 4.78 is 5.41. The number of ether oxygens (including phenoxy) is 1. The van der Waals surface area contributed by atoms with Crippen LogP contribution in [0, 0.1) is 0 Å². The maximum Gasteiger partial charge on any atom is 0.215 e. The molecular formula is C15H17N3OS. The molecule has 0 unspecified atom stereocenters. The Morgan fingerprint density at radius 3 is 2.55 bits per heavy atom. The molecule has 1 aromatic carbocycles. The van der Waals surface area contributed by atoms with Crippen molar-refractivity contribution in [1.82, 2.24) is 4.98 Å². The van der Waals surface area contributed by atoms with E-state index in [1.807, 2.05) is 61.3 Å². The maximum absolute atomic E-state index is 5.59. The molecule has 2 N–H and O–H groups in total. The van der Waals surface area contributed by atoms with Crippen LogP contribution in [-0.4, -0.2) is 23.6 Å². The first-order valence-corrected chi connectivity index (χ1v) is 6.76. The van der Waals surface area contributed by atoms with Crippen LogP contribution in [0.4, 0.5) is 11.5 Å². The Hall–Kier alpha value is -2.14. The summed E-state index contributed by atoms with van der Waals surface area (Å²) in [6, 6.07) is 13.4. The average Bonchev–Trinajstić information content (AvgIpc) is 2.47. The smallest absolute Gasteiger partial charge is 0.215 e. The first-order chi connectivity index (χ1) is 9.61. The molecule has 2 rings (SSSR count). The topological polar surface area (TPSA) is 51.4 Å². The number of anilines is 2. The van der Waals surface area contributed by atoms with Crippen LogP contribution in [0.1, 0.15) is 12.5 Å². The van der Waals surface area contributed by atoms with Gasteiger partial charge in [-0.15, -0.1) is 0 Å². The summed E-state index contributed by atoms with van der Waals surface area (Å²) in [5.74, 6) is 1.44. The predicted octanol–water partition coefficient (Wildman–Crippen LogP) is 2.88. The highest BCUT2D eigenvalue weighted by molar-refractivity contribution is 7.80. The second kappa shape index (κ2) is 6.34. The van der Waals surface area contributed by atoms with Crippen LogP contribution in [-0.2, 0) is 0 Å². The fourth-order valence-corrected chi connectivity index (χ4v) is 1.94. The second-order valence-electron chi connectivity index (χ2n) is 4.24. The van der Waals surface area contributed by atoms with Crippen molar-refractivity contribution in [2.24, 2.45) is 5.73 Å². The monoisotopic (exact) mass is 287 g/mol. The van der Waals surface area contributed by atoms with E-state index in [-0.39, 0.29) is 0 Å². The van der Waals surface area contributed by atoms with Gasteiger partial charge < -0.3 is 15.4 Å². The number of benzene rings is 1. The zero-order chi connectivity index (χ0) is 14.5. The van der Waals surface area contributed by atoms with Crippen molar-refractivity contribution in [3.63, 3.8) is 0 Å². The van der Waals surface area contributed by atoms with Gasteiger partial charge in [0.15, 0.2) is 0 Å². The van der Waals surface area contributed by atoms with Crippen LogP contribution >= 0.6 is 12.2 Å². The predicted molar refractivity (Wildman–Crippen MR) is 85.8 cm³/mol. The van der Waals surface area contributed by atoms with Crippen LogP contribution in [0.15, 0.2) is 42.5 Å². The summed E-state index contributed by atoms with van der Waals surface area (Å²) in [5, 5.41) is 0. The maximum atomic E-state index is 5.59. The van der Waals surface area contributed by atoms with Gasteiger partial charge in [-0.05, 0) is 37.3 Å². The van der Waals surface area contributed by atoms with Gasteiger partial charge in [0.25, 0.3) is 0 Å². The first kappa shape index (κ1) is 14.3. The summed E-state index contributed by atoms with van der Waals surface area (Å²) in [6.45, 7) is 2.54. The zero-order valence-corrected chi connectivity index (χ0v) is 12.4. The van der Waals surface area contributed by atoms with Gasteiger partial charge in [-0.2, -0.15) is 4.98 Å². The van der Waals surface area contributed by atoms with Gasteiger partial charge in [0, 0.05) is 24.4 Å². The van der Waals surface area contributed by atoms with Gasteiger partial charge >= 0.3 is 0 Å². The van der Waals surface area contributed by atoms with Gasteiger partial charge in [-0.1, -0.05) is 18.3 Å². The quantitative estimate of drug-likeness (QED) is 0.857. The van der Waals surface area contributed by atoms with Crippen molar-refractivity contribution < 1.29 is 4.74 Å². The Balaban J connectivity index is 2.23. The van der Waals surface area contributed by atoms with Crippen LogP contribution in [0.5, 0.6) is 5.88 Å². The van der Waals surface area contributed by atoms with Crippen LogP contribution < -0.4 is 15.4 Å². The third-order valence-electron chi connectivity index (χ3n) is 2.88. The molecule has 1 aromatic heterocycles. The van der Waals surface area contributed by atoms with E-state index in [0.29, 0.717) is 17.5 Å². The molecular weight excluding hydrogens is 270 g/mol. The van der Waals surface area contributed by atoms with Gasteiger partial charge in [0.1, 0.15) is 10.8 Å². The van der Waals surface area contributed by atoms with E-state index < -0.39 is 0 Å². The highest BCUT2D eigenvalue weighted by Gasteiger charge is 2.07. The molecule has 2 aromatic rings. The highest BCUT2D eigenvalue weighted by Crippen LogP contribution is 2.23. The van der Waals surface area contributed by atoms with E-state index in [1.54, 1.807) is 0 Å². The molecule has 4 nitrogen and oxygen atoms in total. The number of aromatic nitrogens is 1. The van der Waals surface area contributed by atoms with E-state index in [1.165, 1.54) is 0 Å². The fraction of sp³-hybridized carbons (Fsp3) is 0.200. The summed E-state index contributed by atoms with van der Waals surface area (Å²) in [5.41, 5.74) is 7.45. The Morgan fingerprint density at radius 1 is 1.25 bits per heavy atom. The Labute approximate surface area is 124 Å². The molecule has 0 aliphatic heterocycles. The average molecular weight is 287 g/mol. The van der Waals surface area contributed by atoms with Gasteiger partial charge in [-0.25, -0.2) is 0 Å². The molecule has 1 heterocycles. The minimum Gasteiger partial charge on any atom is -0.478 e. The van der Waals surface area contributed by atoms with Gasteiger partial charge in [0.2, 0.25) is 5.88 Å². The summed E-state index contributed by atoms with van der Waals surface area (Å²) in [6.07, 6.45) is 0. The lowest BCUT2D eigenvalue weighted by Gasteiger charge is -2.19.